The Labute approximate surface area is 145 Å². The number of hydrazone groups is 1. The van der Waals surface area contributed by atoms with E-state index in [0.29, 0.717) is 11.5 Å². The second kappa shape index (κ2) is 7.53. The third-order valence-electron chi connectivity index (χ3n) is 3.83. The molecule has 0 radical (unpaired) electrons. The molecule has 0 atom stereocenters. The van der Waals surface area contributed by atoms with Gasteiger partial charge in [-0.25, -0.2) is 5.43 Å². The molecule has 2 aromatic carbocycles. The van der Waals surface area contributed by atoms with Gasteiger partial charge in [0.15, 0.2) is 0 Å². The summed E-state index contributed by atoms with van der Waals surface area (Å²) in [5, 5.41) is 5.11. The van der Waals surface area contributed by atoms with Crippen LogP contribution in [0.4, 0.5) is 0 Å². The molecule has 0 spiro atoms. The molecular weight excluding hydrogens is 318 g/mol. The van der Waals surface area contributed by atoms with Gasteiger partial charge in [0.25, 0.3) is 5.91 Å². The molecule has 0 aliphatic carbocycles. The molecule has 3 aromatic rings. The third kappa shape index (κ3) is 3.80. The zero-order valence-electron chi connectivity index (χ0n) is 14.1. The first kappa shape index (κ1) is 16.6. The molecule has 0 bridgehead atoms. The number of carbonyl (C=O) groups is 1. The van der Waals surface area contributed by atoms with E-state index in [1.807, 2.05) is 47.2 Å². The van der Waals surface area contributed by atoms with Crippen molar-refractivity contribution in [3.8, 4) is 11.5 Å². The van der Waals surface area contributed by atoms with E-state index in [-0.39, 0.29) is 12.5 Å². The Morgan fingerprint density at radius 1 is 1.16 bits per heavy atom. The summed E-state index contributed by atoms with van der Waals surface area (Å²) in [5.41, 5.74) is 4.29. The zero-order valence-corrected chi connectivity index (χ0v) is 14.1. The topological polar surface area (TPSA) is 64.8 Å². The van der Waals surface area contributed by atoms with E-state index in [4.69, 9.17) is 9.47 Å². The Balaban J connectivity index is 1.65. The molecule has 1 aromatic heterocycles. The number of hydrogen-bond acceptors (Lipinski definition) is 4. The monoisotopic (exact) mass is 337 g/mol. The van der Waals surface area contributed by atoms with Gasteiger partial charge in [0.2, 0.25) is 0 Å². The van der Waals surface area contributed by atoms with Crippen molar-refractivity contribution in [2.45, 2.75) is 6.54 Å². The lowest BCUT2D eigenvalue weighted by Gasteiger charge is -2.07. The maximum absolute atomic E-state index is 12.1. The van der Waals surface area contributed by atoms with E-state index in [9.17, 15) is 4.79 Å². The molecule has 0 aliphatic rings. The van der Waals surface area contributed by atoms with Crippen molar-refractivity contribution in [1.82, 2.24) is 9.99 Å². The molecule has 1 amide bonds. The number of nitrogens with zero attached hydrogens (tertiary/aromatic N) is 2. The van der Waals surface area contributed by atoms with Crippen LogP contribution in [0, 0.1) is 0 Å². The van der Waals surface area contributed by atoms with Gasteiger partial charge in [-0.05, 0) is 29.7 Å². The standard InChI is InChI=1S/C19H19N3O3/c1-24-16-8-7-15(18(11-16)25-2)12-20-21-19(23)13-22-10-9-14-5-3-4-6-17(14)22/h3-12H,13H2,1-2H3,(H,21,23)/b20-12+. The predicted octanol–water partition coefficient (Wildman–Crippen LogP) is 2.81. The lowest BCUT2D eigenvalue weighted by Crippen LogP contribution is -2.22. The highest BCUT2D eigenvalue weighted by Crippen LogP contribution is 2.23. The molecule has 128 valence electrons. The van der Waals surface area contributed by atoms with Crippen molar-refractivity contribution < 1.29 is 14.3 Å². The van der Waals surface area contributed by atoms with E-state index < -0.39 is 0 Å². The highest BCUT2D eigenvalue weighted by molar-refractivity contribution is 5.86. The highest BCUT2D eigenvalue weighted by atomic mass is 16.5. The molecule has 1 N–H and O–H groups in total. The lowest BCUT2D eigenvalue weighted by molar-refractivity contribution is -0.121. The number of aromatic nitrogens is 1. The van der Waals surface area contributed by atoms with Crippen LogP contribution in [0.1, 0.15) is 5.56 Å². The first-order valence-corrected chi connectivity index (χ1v) is 7.79. The van der Waals surface area contributed by atoms with Crippen LogP contribution in [0.15, 0.2) is 59.8 Å². The summed E-state index contributed by atoms with van der Waals surface area (Å²) in [6.07, 6.45) is 3.43. The fourth-order valence-corrected chi connectivity index (χ4v) is 2.57. The van der Waals surface area contributed by atoms with Gasteiger partial charge in [0, 0.05) is 23.3 Å². The van der Waals surface area contributed by atoms with Crippen molar-refractivity contribution in [3.05, 3.63) is 60.3 Å². The van der Waals surface area contributed by atoms with Gasteiger partial charge in [-0.3, -0.25) is 4.79 Å². The van der Waals surface area contributed by atoms with E-state index in [2.05, 4.69) is 10.5 Å². The number of methoxy groups -OCH3 is 2. The minimum atomic E-state index is -0.204. The largest absolute Gasteiger partial charge is 0.497 e. The van der Waals surface area contributed by atoms with Gasteiger partial charge in [0.1, 0.15) is 18.0 Å². The van der Waals surface area contributed by atoms with Crippen LogP contribution in [0.25, 0.3) is 10.9 Å². The first-order valence-electron chi connectivity index (χ1n) is 7.79. The Morgan fingerprint density at radius 2 is 2.00 bits per heavy atom. The normalized spacial score (nSPS) is 11.0. The Bertz CT molecular complexity index is 915. The summed E-state index contributed by atoms with van der Waals surface area (Å²) in [5.74, 6) is 1.11. The molecule has 0 saturated carbocycles. The lowest BCUT2D eigenvalue weighted by atomic mass is 10.2. The first-order chi connectivity index (χ1) is 12.2. The summed E-state index contributed by atoms with van der Waals surface area (Å²) in [6.45, 7) is 0.199. The van der Waals surface area contributed by atoms with E-state index in [0.717, 1.165) is 16.5 Å². The summed E-state index contributed by atoms with van der Waals surface area (Å²) < 4.78 is 12.3. The average molecular weight is 337 g/mol. The van der Waals surface area contributed by atoms with Gasteiger partial charge in [-0.2, -0.15) is 5.10 Å². The van der Waals surface area contributed by atoms with Gasteiger partial charge in [0.05, 0.1) is 20.4 Å². The third-order valence-corrected chi connectivity index (χ3v) is 3.83. The quantitative estimate of drug-likeness (QED) is 0.556. The van der Waals surface area contributed by atoms with Gasteiger partial charge in [-0.1, -0.05) is 18.2 Å². The van der Waals surface area contributed by atoms with Crippen LogP contribution in [0.3, 0.4) is 0 Å². The molecule has 0 aliphatic heterocycles. The van der Waals surface area contributed by atoms with Crippen molar-refractivity contribution >= 4 is 23.0 Å². The van der Waals surface area contributed by atoms with Crippen molar-refractivity contribution in [2.24, 2.45) is 5.10 Å². The SMILES string of the molecule is COc1ccc(/C=N/NC(=O)Cn2ccc3ccccc32)c(OC)c1. The second-order valence-corrected chi connectivity index (χ2v) is 5.40. The van der Waals surface area contributed by atoms with Gasteiger partial charge >= 0.3 is 0 Å². The number of benzene rings is 2. The van der Waals surface area contributed by atoms with Crippen LogP contribution in [-0.4, -0.2) is 30.9 Å². The van der Waals surface area contributed by atoms with Gasteiger partial charge in [-0.15, -0.1) is 0 Å². The number of fused-ring (bicyclic) bond motifs is 1. The number of rotatable bonds is 6. The van der Waals surface area contributed by atoms with Crippen molar-refractivity contribution in [3.63, 3.8) is 0 Å². The van der Waals surface area contributed by atoms with Gasteiger partial charge < -0.3 is 14.0 Å². The molecule has 3 rings (SSSR count). The fourth-order valence-electron chi connectivity index (χ4n) is 2.57. The fraction of sp³-hybridized carbons (Fsp3) is 0.158. The Hall–Kier alpha value is -3.28. The molecule has 1 heterocycles. The van der Waals surface area contributed by atoms with Crippen molar-refractivity contribution in [2.75, 3.05) is 14.2 Å². The maximum Gasteiger partial charge on any atom is 0.259 e. The molecule has 25 heavy (non-hydrogen) atoms. The van der Waals surface area contributed by atoms with Crippen LogP contribution in [0.2, 0.25) is 0 Å². The summed E-state index contributed by atoms with van der Waals surface area (Å²) >= 11 is 0. The Morgan fingerprint density at radius 3 is 2.80 bits per heavy atom. The smallest absolute Gasteiger partial charge is 0.259 e. The van der Waals surface area contributed by atoms with Crippen LogP contribution < -0.4 is 14.9 Å². The van der Waals surface area contributed by atoms with Crippen LogP contribution in [-0.2, 0) is 11.3 Å². The number of amides is 1. The molecule has 0 saturated heterocycles. The molecule has 0 fully saturated rings. The second-order valence-electron chi connectivity index (χ2n) is 5.40. The Kier molecular flexibility index (Phi) is 4.99. The minimum absolute atomic E-state index is 0.199. The molecule has 0 unspecified atom stereocenters. The molecule has 6 nitrogen and oxygen atoms in total. The number of ether oxygens (including phenoxy) is 2. The van der Waals surface area contributed by atoms with E-state index in [1.54, 1.807) is 32.6 Å². The molecular formula is C19H19N3O3. The zero-order chi connectivity index (χ0) is 17.6. The summed E-state index contributed by atoms with van der Waals surface area (Å²) in [4.78, 5) is 12.1. The van der Waals surface area contributed by atoms with E-state index in [1.165, 1.54) is 0 Å². The minimum Gasteiger partial charge on any atom is -0.497 e. The predicted molar refractivity (Wildman–Crippen MR) is 97.2 cm³/mol. The van der Waals surface area contributed by atoms with E-state index >= 15 is 0 Å². The number of nitrogens with one attached hydrogen (secondary N) is 1. The van der Waals surface area contributed by atoms with Crippen LogP contribution in [0.5, 0.6) is 11.5 Å². The maximum atomic E-state index is 12.1. The highest BCUT2D eigenvalue weighted by Gasteiger charge is 2.06. The van der Waals surface area contributed by atoms with Crippen LogP contribution >= 0.6 is 0 Å². The number of carbonyl (C=O) groups excluding carboxylic acids is 1. The summed E-state index contributed by atoms with van der Waals surface area (Å²) in [6, 6.07) is 15.3. The average Bonchev–Trinajstić information content (AvgIpc) is 3.05. The number of para-hydroxylation sites is 1. The van der Waals surface area contributed by atoms with Crippen molar-refractivity contribution in [1.29, 1.82) is 0 Å². The summed E-state index contributed by atoms with van der Waals surface area (Å²) in [7, 11) is 3.16. The number of hydrogen-bond donors (Lipinski definition) is 1. The molecule has 6 heteroatoms.